The third-order valence-electron chi connectivity index (χ3n) is 6.75. The molecule has 1 aliphatic carbocycles. The second-order valence-corrected chi connectivity index (χ2v) is 8.75. The van der Waals surface area contributed by atoms with Crippen molar-refractivity contribution in [3.8, 4) is 0 Å². The molecule has 1 saturated carbocycles. The van der Waals surface area contributed by atoms with Crippen LogP contribution in [0.25, 0.3) is 5.57 Å². The Hall–Kier alpha value is -2.62. The zero-order chi connectivity index (χ0) is 21.5. The lowest BCUT2D eigenvalue weighted by atomic mass is 9.77. The van der Waals surface area contributed by atoms with Crippen molar-refractivity contribution < 1.29 is 19.7 Å². The van der Waals surface area contributed by atoms with Gasteiger partial charge >= 0.3 is 0 Å². The van der Waals surface area contributed by atoms with Crippen molar-refractivity contribution in [2.45, 2.75) is 44.7 Å². The van der Waals surface area contributed by atoms with Gasteiger partial charge in [0, 0.05) is 25.2 Å². The van der Waals surface area contributed by atoms with Gasteiger partial charge in [0.2, 0.25) is 5.91 Å². The van der Waals surface area contributed by atoms with Crippen molar-refractivity contribution in [2.24, 2.45) is 11.3 Å². The van der Waals surface area contributed by atoms with E-state index in [9.17, 15) is 19.7 Å². The number of carbonyl (C=O) groups is 2. The number of hydrogen-bond acceptors (Lipinski definition) is 7. The zero-order valence-electron chi connectivity index (χ0n) is 16.8. The lowest BCUT2D eigenvalue weighted by Crippen LogP contribution is -2.59. The maximum absolute atomic E-state index is 13.4. The molecule has 2 heterocycles. The number of carbonyl (C=O) groups excluding carboxylic acids is 2. The van der Waals surface area contributed by atoms with E-state index >= 15 is 0 Å². The van der Waals surface area contributed by atoms with Crippen molar-refractivity contribution in [3.63, 3.8) is 0 Å². The number of benzene rings is 1. The molecule has 4 rings (SSSR count). The molecule has 2 fully saturated rings. The van der Waals surface area contributed by atoms with E-state index in [0.717, 1.165) is 29.6 Å². The maximum Gasteiger partial charge on any atom is 0.270 e. The molecule has 1 spiro atoms. The van der Waals surface area contributed by atoms with Crippen LogP contribution < -0.4 is 16.1 Å². The Morgan fingerprint density at radius 2 is 2.07 bits per heavy atom. The van der Waals surface area contributed by atoms with E-state index in [1.807, 2.05) is 13.0 Å². The molecule has 9 heteroatoms. The van der Waals surface area contributed by atoms with Gasteiger partial charge in [0.1, 0.15) is 0 Å². The number of ketones is 1. The summed E-state index contributed by atoms with van der Waals surface area (Å²) in [5.41, 5.74) is 4.47. The molecular formula is C21H26N4O5. The quantitative estimate of drug-likeness (QED) is 0.326. The average Bonchev–Trinajstić information content (AvgIpc) is 3.51. The van der Waals surface area contributed by atoms with Gasteiger partial charge in [-0.3, -0.25) is 24.9 Å². The van der Waals surface area contributed by atoms with Gasteiger partial charge in [-0.15, -0.1) is 0 Å². The second kappa shape index (κ2) is 7.90. The average molecular weight is 414 g/mol. The van der Waals surface area contributed by atoms with Gasteiger partial charge in [0.15, 0.2) is 5.78 Å². The molecule has 1 aromatic rings. The van der Waals surface area contributed by atoms with Gasteiger partial charge in [-0.25, -0.2) is 5.48 Å². The van der Waals surface area contributed by atoms with Gasteiger partial charge in [-0.1, -0.05) is 17.7 Å². The zero-order valence-corrected chi connectivity index (χ0v) is 16.8. The summed E-state index contributed by atoms with van der Waals surface area (Å²) in [5.74, 6) is -1.27. The first kappa shape index (κ1) is 20.6. The number of hydrogen-bond donors (Lipinski definition) is 4. The van der Waals surface area contributed by atoms with Crippen LogP contribution >= 0.6 is 0 Å². The van der Waals surface area contributed by atoms with E-state index in [4.69, 9.17) is 5.21 Å². The summed E-state index contributed by atoms with van der Waals surface area (Å²) < 4.78 is 0. The van der Waals surface area contributed by atoms with Crippen molar-refractivity contribution in [3.05, 3.63) is 45.5 Å². The first-order chi connectivity index (χ1) is 14.3. The molecule has 1 unspecified atom stereocenters. The highest BCUT2D eigenvalue weighted by Gasteiger charge is 2.52. The van der Waals surface area contributed by atoms with Gasteiger partial charge in [-0.2, -0.15) is 0 Å². The number of hydroxylamine groups is 1. The van der Waals surface area contributed by atoms with E-state index in [-0.39, 0.29) is 16.9 Å². The minimum atomic E-state index is -0.675. The number of nitrogens with zero attached hydrogens (tertiary/aromatic N) is 1. The number of Topliss-reactive ketones (excluding diaryl/α,β-unsaturated/α-hetero) is 1. The third-order valence-corrected chi connectivity index (χ3v) is 6.75. The van der Waals surface area contributed by atoms with E-state index in [0.29, 0.717) is 25.9 Å². The van der Waals surface area contributed by atoms with Crippen LogP contribution in [0.5, 0.6) is 0 Å². The predicted octanol–water partition coefficient (Wildman–Crippen LogP) is 1.56. The van der Waals surface area contributed by atoms with Gasteiger partial charge < -0.3 is 10.6 Å². The highest BCUT2D eigenvalue weighted by molar-refractivity contribution is 5.96. The molecule has 1 aromatic carbocycles. The van der Waals surface area contributed by atoms with E-state index in [2.05, 4.69) is 10.6 Å². The summed E-state index contributed by atoms with van der Waals surface area (Å²) in [6.45, 7) is 3.12. The standard InChI is InChI=1S/C21H26N4O5/c1-12-10-22-17(8-15(12)13-3-2-4-14(7-13)25(29)30)19(26)18-16(20(27)24-28)9-21(5-6-21)11-23-18/h2-4,7,16-18,22-23,28H,5-6,8-11H2,1H3,(H,24,27)/t16-,17?,18-/m0/s1. The highest BCUT2D eigenvalue weighted by atomic mass is 16.6. The Labute approximate surface area is 174 Å². The van der Waals surface area contributed by atoms with Crippen LogP contribution in [0.3, 0.4) is 0 Å². The number of rotatable bonds is 5. The Balaban J connectivity index is 1.54. The first-order valence-corrected chi connectivity index (χ1v) is 10.2. The Kier molecular flexibility index (Phi) is 5.44. The third kappa shape index (κ3) is 3.88. The van der Waals surface area contributed by atoms with Crippen LogP contribution in [0.4, 0.5) is 5.69 Å². The lowest BCUT2D eigenvalue weighted by Gasteiger charge is -2.38. The van der Waals surface area contributed by atoms with Crippen molar-refractivity contribution >= 4 is 23.0 Å². The largest absolute Gasteiger partial charge is 0.306 e. The molecule has 0 radical (unpaired) electrons. The molecule has 9 nitrogen and oxygen atoms in total. The Morgan fingerprint density at radius 1 is 1.30 bits per heavy atom. The van der Waals surface area contributed by atoms with Crippen molar-refractivity contribution in [1.82, 2.24) is 16.1 Å². The molecule has 0 aromatic heterocycles. The van der Waals surface area contributed by atoms with Gasteiger partial charge in [0.25, 0.3) is 5.69 Å². The summed E-state index contributed by atoms with van der Waals surface area (Å²) in [4.78, 5) is 36.3. The van der Waals surface area contributed by atoms with Gasteiger partial charge in [-0.05, 0) is 49.2 Å². The Bertz CT molecular complexity index is 924. The topological polar surface area (TPSA) is 134 Å². The molecule has 0 bridgehead atoms. The number of nitro groups is 1. The molecule has 2 aliphatic heterocycles. The minimum Gasteiger partial charge on any atom is -0.306 e. The van der Waals surface area contributed by atoms with Gasteiger partial charge in [0.05, 0.1) is 22.9 Å². The fourth-order valence-corrected chi connectivity index (χ4v) is 4.73. The van der Waals surface area contributed by atoms with Crippen LogP contribution in [0.15, 0.2) is 29.8 Å². The molecule has 160 valence electrons. The summed E-state index contributed by atoms with van der Waals surface area (Å²) in [6, 6.07) is 5.25. The van der Waals surface area contributed by atoms with Crippen LogP contribution in [0.2, 0.25) is 0 Å². The normalized spacial score (nSPS) is 27.6. The summed E-state index contributed by atoms with van der Waals surface area (Å²) in [7, 11) is 0. The molecule has 4 N–H and O–H groups in total. The smallest absolute Gasteiger partial charge is 0.270 e. The number of amides is 1. The van der Waals surface area contributed by atoms with E-state index < -0.39 is 28.8 Å². The predicted molar refractivity (Wildman–Crippen MR) is 109 cm³/mol. The van der Waals surface area contributed by atoms with Crippen LogP contribution in [-0.4, -0.2) is 47.0 Å². The summed E-state index contributed by atoms with van der Waals surface area (Å²) in [5, 5.41) is 26.8. The van der Waals surface area contributed by atoms with E-state index in [1.54, 1.807) is 11.5 Å². The van der Waals surface area contributed by atoms with Crippen LogP contribution in [0.1, 0.15) is 38.2 Å². The SMILES string of the molecule is CC1=C(c2cccc([N+](=O)[O-])c2)CC(C(=O)[C@H]2NCC3(CC3)C[C@@H]2C(=O)NO)NC1. The Morgan fingerprint density at radius 3 is 2.73 bits per heavy atom. The molecule has 30 heavy (non-hydrogen) atoms. The van der Waals surface area contributed by atoms with E-state index in [1.165, 1.54) is 12.1 Å². The first-order valence-electron chi connectivity index (χ1n) is 10.2. The molecule has 3 atom stereocenters. The fourth-order valence-electron chi connectivity index (χ4n) is 4.73. The molecule has 3 aliphatic rings. The van der Waals surface area contributed by atoms with Crippen LogP contribution in [0, 0.1) is 21.4 Å². The minimum absolute atomic E-state index is 0.0116. The fraction of sp³-hybridized carbons (Fsp3) is 0.524. The van der Waals surface area contributed by atoms with Crippen LogP contribution in [-0.2, 0) is 9.59 Å². The number of piperidine rings is 1. The molecular weight excluding hydrogens is 388 g/mol. The number of nitrogens with one attached hydrogen (secondary N) is 3. The number of nitro benzene ring substituents is 1. The molecule has 1 amide bonds. The molecule has 1 saturated heterocycles. The highest BCUT2D eigenvalue weighted by Crippen LogP contribution is 2.52. The summed E-state index contributed by atoms with van der Waals surface area (Å²) in [6.07, 6.45) is 3.03. The second-order valence-electron chi connectivity index (χ2n) is 8.75. The van der Waals surface area contributed by atoms with Crippen molar-refractivity contribution in [1.29, 1.82) is 0 Å². The van der Waals surface area contributed by atoms with Crippen molar-refractivity contribution in [2.75, 3.05) is 13.1 Å². The number of non-ortho nitro benzene ring substituents is 1. The summed E-state index contributed by atoms with van der Waals surface area (Å²) >= 11 is 0. The lowest BCUT2D eigenvalue weighted by molar-refractivity contribution is -0.384. The monoisotopic (exact) mass is 414 g/mol. The maximum atomic E-state index is 13.4.